The van der Waals surface area contributed by atoms with E-state index in [1.807, 2.05) is 53.3 Å². The molecule has 31 heavy (non-hydrogen) atoms. The molecule has 0 radical (unpaired) electrons. The molecule has 1 amide bonds. The Balaban J connectivity index is 1.59. The first kappa shape index (κ1) is 19.1. The third-order valence-electron chi connectivity index (χ3n) is 5.49. The van der Waals surface area contributed by atoms with Crippen molar-refractivity contribution < 1.29 is 9.21 Å². The molecule has 6 nitrogen and oxygen atoms in total. The number of para-hydroxylation sites is 1. The number of aromatic nitrogens is 2. The lowest BCUT2D eigenvalue weighted by atomic mass is 9.97. The average Bonchev–Trinajstić information content (AvgIpc) is 3.53. The van der Waals surface area contributed by atoms with Gasteiger partial charge < -0.3 is 4.42 Å². The highest BCUT2D eigenvalue weighted by atomic mass is 16.3. The number of rotatable bonds is 4. The lowest BCUT2D eigenvalue weighted by Gasteiger charge is -2.19. The van der Waals surface area contributed by atoms with Crippen molar-refractivity contribution in [1.82, 2.24) is 14.8 Å². The minimum atomic E-state index is -0.258. The molecule has 0 spiro atoms. The molecule has 0 fully saturated rings. The normalized spacial score (nSPS) is 15.9. The number of aryl methyl sites for hydroxylation is 1. The van der Waals surface area contributed by atoms with Crippen molar-refractivity contribution in [1.29, 1.82) is 0 Å². The summed E-state index contributed by atoms with van der Waals surface area (Å²) in [6.45, 7) is 3.60. The molecule has 0 aliphatic carbocycles. The van der Waals surface area contributed by atoms with E-state index >= 15 is 0 Å². The van der Waals surface area contributed by atoms with E-state index < -0.39 is 0 Å². The van der Waals surface area contributed by atoms with Crippen molar-refractivity contribution in [3.8, 4) is 17.1 Å². The van der Waals surface area contributed by atoms with Crippen LogP contribution in [0.4, 0.5) is 0 Å². The van der Waals surface area contributed by atoms with Gasteiger partial charge in [-0.05, 0) is 36.8 Å². The molecule has 1 unspecified atom stereocenters. The van der Waals surface area contributed by atoms with E-state index in [0.717, 1.165) is 22.5 Å². The van der Waals surface area contributed by atoms with Crippen LogP contribution in [0.1, 0.15) is 36.1 Å². The lowest BCUT2D eigenvalue weighted by Crippen LogP contribution is -2.24. The van der Waals surface area contributed by atoms with Crippen molar-refractivity contribution >= 4 is 11.6 Å². The first-order valence-corrected chi connectivity index (χ1v) is 10.2. The molecule has 1 aliphatic rings. The van der Waals surface area contributed by atoms with Gasteiger partial charge in [0, 0.05) is 25.1 Å². The SMILES string of the molecule is CC(=O)N1N=C(c2ccc(C)cc2)CC1c1cn(-c2ccccc2)nc1-c1ccco1. The van der Waals surface area contributed by atoms with E-state index in [-0.39, 0.29) is 11.9 Å². The molecular weight excluding hydrogens is 388 g/mol. The molecule has 1 aliphatic heterocycles. The molecule has 1 atom stereocenters. The fourth-order valence-electron chi connectivity index (χ4n) is 3.91. The van der Waals surface area contributed by atoms with Gasteiger partial charge in [-0.2, -0.15) is 10.2 Å². The zero-order valence-corrected chi connectivity index (χ0v) is 17.4. The number of hydrogen-bond acceptors (Lipinski definition) is 4. The van der Waals surface area contributed by atoms with E-state index in [0.29, 0.717) is 17.9 Å². The Morgan fingerprint density at radius 1 is 1.03 bits per heavy atom. The summed E-state index contributed by atoms with van der Waals surface area (Å²) < 4.78 is 7.50. The molecule has 0 saturated heterocycles. The second-order valence-electron chi connectivity index (χ2n) is 7.69. The first-order valence-electron chi connectivity index (χ1n) is 10.2. The van der Waals surface area contributed by atoms with Crippen LogP contribution >= 0.6 is 0 Å². The largest absolute Gasteiger partial charge is 0.463 e. The first-order chi connectivity index (χ1) is 15.1. The summed E-state index contributed by atoms with van der Waals surface area (Å²) in [5, 5.41) is 11.1. The fourth-order valence-corrected chi connectivity index (χ4v) is 3.91. The predicted molar refractivity (Wildman–Crippen MR) is 119 cm³/mol. The van der Waals surface area contributed by atoms with Crippen LogP contribution in [0.15, 0.2) is 88.7 Å². The molecule has 3 heterocycles. The Labute approximate surface area is 180 Å². The van der Waals surface area contributed by atoms with Crippen LogP contribution in [0.5, 0.6) is 0 Å². The quantitative estimate of drug-likeness (QED) is 0.468. The number of amides is 1. The molecule has 4 aromatic rings. The molecule has 154 valence electrons. The van der Waals surface area contributed by atoms with Gasteiger partial charge in [0.15, 0.2) is 5.76 Å². The second kappa shape index (κ2) is 7.72. The summed E-state index contributed by atoms with van der Waals surface area (Å²) in [5.74, 6) is 0.557. The number of carbonyl (C=O) groups is 1. The standard InChI is InChI=1S/C25H22N4O2/c1-17-10-12-19(13-11-17)22-15-23(29(26-22)18(2)30)21-16-28(20-7-4-3-5-8-20)27-25(21)24-9-6-14-31-24/h3-14,16,23H,15H2,1-2H3. The zero-order chi connectivity index (χ0) is 21.4. The van der Waals surface area contributed by atoms with Crippen LogP contribution < -0.4 is 0 Å². The minimum absolute atomic E-state index is 0.107. The summed E-state index contributed by atoms with van der Waals surface area (Å²) in [5.41, 5.74) is 5.65. The van der Waals surface area contributed by atoms with Crippen LogP contribution in [0.25, 0.3) is 17.1 Å². The molecule has 6 heteroatoms. The Bertz CT molecular complexity index is 1240. The van der Waals surface area contributed by atoms with E-state index in [2.05, 4.69) is 36.3 Å². The van der Waals surface area contributed by atoms with E-state index in [1.54, 1.807) is 18.2 Å². The highest BCUT2D eigenvalue weighted by molar-refractivity contribution is 6.03. The van der Waals surface area contributed by atoms with Gasteiger partial charge in [-0.15, -0.1) is 0 Å². The number of furan rings is 1. The number of hydrazone groups is 1. The summed E-state index contributed by atoms with van der Waals surface area (Å²) >= 11 is 0. The van der Waals surface area contributed by atoms with Crippen molar-refractivity contribution in [2.45, 2.75) is 26.3 Å². The summed E-state index contributed by atoms with van der Waals surface area (Å²) in [6.07, 6.45) is 4.21. The third-order valence-corrected chi connectivity index (χ3v) is 5.49. The maximum absolute atomic E-state index is 12.5. The van der Waals surface area contributed by atoms with E-state index in [1.165, 1.54) is 5.56 Å². The highest BCUT2D eigenvalue weighted by Crippen LogP contribution is 2.38. The summed E-state index contributed by atoms with van der Waals surface area (Å²) in [6, 6.07) is 21.6. The number of hydrogen-bond donors (Lipinski definition) is 0. The molecule has 0 saturated carbocycles. The van der Waals surface area contributed by atoms with Crippen molar-refractivity contribution in [3.05, 3.63) is 95.9 Å². The smallest absolute Gasteiger partial charge is 0.240 e. The Morgan fingerprint density at radius 2 is 1.81 bits per heavy atom. The van der Waals surface area contributed by atoms with Crippen molar-refractivity contribution in [2.24, 2.45) is 5.10 Å². The van der Waals surface area contributed by atoms with Gasteiger partial charge >= 0.3 is 0 Å². The Morgan fingerprint density at radius 3 is 2.48 bits per heavy atom. The Kier molecular flexibility index (Phi) is 4.75. The van der Waals surface area contributed by atoms with Gasteiger partial charge in [0.2, 0.25) is 5.91 Å². The average molecular weight is 410 g/mol. The molecule has 2 aromatic carbocycles. The fraction of sp³-hybridized carbons (Fsp3) is 0.160. The summed E-state index contributed by atoms with van der Waals surface area (Å²) in [7, 11) is 0. The summed E-state index contributed by atoms with van der Waals surface area (Å²) in [4.78, 5) is 12.5. The monoisotopic (exact) mass is 410 g/mol. The van der Waals surface area contributed by atoms with Crippen molar-refractivity contribution in [3.63, 3.8) is 0 Å². The maximum atomic E-state index is 12.5. The minimum Gasteiger partial charge on any atom is -0.463 e. The number of nitrogens with zero attached hydrogens (tertiary/aromatic N) is 4. The number of benzene rings is 2. The molecule has 5 rings (SSSR count). The molecule has 2 aromatic heterocycles. The van der Waals surface area contributed by atoms with Gasteiger partial charge in [0.1, 0.15) is 5.69 Å². The molecular formula is C25H22N4O2. The van der Waals surface area contributed by atoms with E-state index in [4.69, 9.17) is 9.52 Å². The second-order valence-corrected chi connectivity index (χ2v) is 7.69. The molecule has 0 N–H and O–H groups in total. The highest BCUT2D eigenvalue weighted by Gasteiger charge is 2.35. The predicted octanol–water partition coefficient (Wildman–Crippen LogP) is 5.14. The zero-order valence-electron chi connectivity index (χ0n) is 17.4. The van der Waals surface area contributed by atoms with Crippen LogP contribution in [0.2, 0.25) is 0 Å². The van der Waals surface area contributed by atoms with Crippen LogP contribution in [-0.4, -0.2) is 26.4 Å². The van der Waals surface area contributed by atoms with Crippen molar-refractivity contribution in [2.75, 3.05) is 0 Å². The van der Waals surface area contributed by atoms with Gasteiger partial charge in [-0.25, -0.2) is 9.69 Å². The Hall–Kier alpha value is -3.93. The van der Waals surface area contributed by atoms with E-state index in [9.17, 15) is 4.79 Å². The van der Waals surface area contributed by atoms with Gasteiger partial charge in [-0.3, -0.25) is 4.79 Å². The maximum Gasteiger partial charge on any atom is 0.240 e. The lowest BCUT2D eigenvalue weighted by molar-refractivity contribution is -0.130. The molecule has 0 bridgehead atoms. The van der Waals surface area contributed by atoms with Crippen LogP contribution in [0, 0.1) is 6.92 Å². The van der Waals surface area contributed by atoms with Gasteiger partial charge in [0.25, 0.3) is 0 Å². The van der Waals surface area contributed by atoms with Crippen LogP contribution in [-0.2, 0) is 4.79 Å². The van der Waals surface area contributed by atoms with Gasteiger partial charge in [0.05, 0.1) is 23.7 Å². The topological polar surface area (TPSA) is 63.6 Å². The third kappa shape index (κ3) is 3.57. The van der Waals surface area contributed by atoms with Crippen LogP contribution in [0.3, 0.4) is 0 Å². The van der Waals surface area contributed by atoms with Gasteiger partial charge in [-0.1, -0.05) is 48.0 Å². The number of carbonyl (C=O) groups excluding carboxylic acids is 1.